The van der Waals surface area contributed by atoms with Crippen LogP contribution in [0.25, 0.3) is 0 Å². The molecule has 1 aliphatic rings. The predicted octanol–water partition coefficient (Wildman–Crippen LogP) is 2.22. The number of rotatable bonds is 7. The van der Waals surface area contributed by atoms with Crippen LogP contribution in [0.1, 0.15) is 31.7 Å². The van der Waals surface area contributed by atoms with E-state index in [1.165, 1.54) is 10.5 Å². The summed E-state index contributed by atoms with van der Waals surface area (Å²) in [6.07, 6.45) is 2.41. The highest BCUT2D eigenvalue weighted by atomic mass is 16.4. The highest BCUT2D eigenvalue weighted by Gasteiger charge is 2.29. The monoisotopic (exact) mass is 318 g/mol. The van der Waals surface area contributed by atoms with E-state index >= 15 is 0 Å². The first-order valence-electron chi connectivity index (χ1n) is 8.37. The van der Waals surface area contributed by atoms with Crippen molar-refractivity contribution in [1.82, 2.24) is 9.80 Å². The van der Waals surface area contributed by atoms with Crippen LogP contribution >= 0.6 is 0 Å². The molecule has 1 N–H and O–H groups in total. The van der Waals surface area contributed by atoms with Gasteiger partial charge in [-0.25, -0.2) is 0 Å². The lowest BCUT2D eigenvalue weighted by Crippen LogP contribution is -2.44. The van der Waals surface area contributed by atoms with Crippen molar-refractivity contribution in [1.29, 1.82) is 0 Å². The minimum absolute atomic E-state index is 0.00797. The summed E-state index contributed by atoms with van der Waals surface area (Å²) >= 11 is 0. The Hall–Kier alpha value is -1.88. The number of nitrogens with zero attached hydrogens (tertiary/aromatic N) is 2. The summed E-state index contributed by atoms with van der Waals surface area (Å²) in [4.78, 5) is 27.3. The SMILES string of the molecule is CCCN(CC(=O)O)C(=O)C1CCN(Cc2ccccc2)CC1. The van der Waals surface area contributed by atoms with Crippen LogP contribution in [0.5, 0.6) is 0 Å². The molecule has 0 radical (unpaired) electrons. The van der Waals surface area contributed by atoms with E-state index in [0.717, 1.165) is 38.9 Å². The Morgan fingerprint density at radius 3 is 2.43 bits per heavy atom. The molecule has 0 bridgehead atoms. The van der Waals surface area contributed by atoms with Crippen LogP contribution in [-0.4, -0.2) is 53.0 Å². The normalized spacial score (nSPS) is 16.2. The molecule has 0 aromatic heterocycles. The summed E-state index contributed by atoms with van der Waals surface area (Å²) < 4.78 is 0. The van der Waals surface area contributed by atoms with Gasteiger partial charge < -0.3 is 10.0 Å². The Kier molecular flexibility index (Phi) is 6.59. The van der Waals surface area contributed by atoms with Crippen molar-refractivity contribution >= 4 is 11.9 Å². The third kappa shape index (κ3) is 5.36. The van der Waals surface area contributed by atoms with Crippen LogP contribution in [0, 0.1) is 5.92 Å². The average Bonchev–Trinajstić information content (AvgIpc) is 2.55. The second-order valence-electron chi connectivity index (χ2n) is 6.19. The molecule has 1 aliphatic heterocycles. The lowest BCUT2D eigenvalue weighted by Gasteiger charge is -2.33. The second kappa shape index (κ2) is 8.67. The molecule has 0 saturated carbocycles. The van der Waals surface area contributed by atoms with Gasteiger partial charge in [-0.2, -0.15) is 0 Å². The summed E-state index contributed by atoms with van der Waals surface area (Å²) in [6, 6.07) is 10.3. The zero-order valence-corrected chi connectivity index (χ0v) is 13.8. The van der Waals surface area contributed by atoms with E-state index in [1.54, 1.807) is 0 Å². The number of piperidine rings is 1. The molecule has 1 heterocycles. The standard InChI is InChI=1S/C18H26N2O3/c1-2-10-20(14-17(21)22)18(23)16-8-11-19(12-9-16)13-15-6-4-3-5-7-15/h3-7,16H,2,8-14H2,1H3,(H,21,22). The number of carboxylic acid groups (broad SMARTS) is 1. The lowest BCUT2D eigenvalue weighted by atomic mass is 9.94. The van der Waals surface area contributed by atoms with Gasteiger partial charge in [0.25, 0.3) is 0 Å². The second-order valence-corrected chi connectivity index (χ2v) is 6.19. The van der Waals surface area contributed by atoms with Crippen LogP contribution in [0.2, 0.25) is 0 Å². The van der Waals surface area contributed by atoms with Gasteiger partial charge in [0.15, 0.2) is 0 Å². The molecule has 126 valence electrons. The van der Waals surface area contributed by atoms with Crippen LogP contribution in [0.4, 0.5) is 0 Å². The van der Waals surface area contributed by atoms with Crippen LogP contribution < -0.4 is 0 Å². The van der Waals surface area contributed by atoms with Gasteiger partial charge in [-0.05, 0) is 37.9 Å². The molecule has 0 aliphatic carbocycles. The highest BCUT2D eigenvalue weighted by Crippen LogP contribution is 2.21. The van der Waals surface area contributed by atoms with Gasteiger partial charge in [0.1, 0.15) is 6.54 Å². The summed E-state index contributed by atoms with van der Waals surface area (Å²) in [5.74, 6) is -0.963. The van der Waals surface area contributed by atoms with Crippen LogP contribution in [0.15, 0.2) is 30.3 Å². The topological polar surface area (TPSA) is 60.9 Å². The highest BCUT2D eigenvalue weighted by molar-refractivity contribution is 5.83. The maximum absolute atomic E-state index is 12.5. The molecule has 5 heteroatoms. The van der Waals surface area contributed by atoms with Crippen molar-refractivity contribution < 1.29 is 14.7 Å². The third-order valence-electron chi connectivity index (χ3n) is 4.32. The Morgan fingerprint density at radius 2 is 1.87 bits per heavy atom. The fraction of sp³-hybridized carbons (Fsp3) is 0.556. The number of carboxylic acids is 1. The van der Waals surface area contributed by atoms with Gasteiger partial charge in [-0.3, -0.25) is 14.5 Å². The first-order valence-corrected chi connectivity index (χ1v) is 8.37. The number of benzene rings is 1. The first kappa shape index (κ1) is 17.5. The molecule has 0 spiro atoms. The molecule has 23 heavy (non-hydrogen) atoms. The average molecular weight is 318 g/mol. The third-order valence-corrected chi connectivity index (χ3v) is 4.32. The smallest absolute Gasteiger partial charge is 0.323 e. The number of carbonyl (C=O) groups excluding carboxylic acids is 1. The van der Waals surface area contributed by atoms with Gasteiger partial charge in [0.05, 0.1) is 0 Å². The number of likely N-dealkylation sites (tertiary alicyclic amines) is 1. The zero-order valence-electron chi connectivity index (χ0n) is 13.8. The maximum Gasteiger partial charge on any atom is 0.323 e. The van der Waals surface area contributed by atoms with Crippen molar-refractivity contribution in [2.45, 2.75) is 32.7 Å². The fourth-order valence-electron chi connectivity index (χ4n) is 3.14. The number of hydrogen-bond donors (Lipinski definition) is 1. The van der Waals surface area contributed by atoms with Crippen molar-refractivity contribution in [3.8, 4) is 0 Å². The molecule has 1 fully saturated rings. The summed E-state index contributed by atoms with van der Waals surface area (Å²) in [5, 5.41) is 8.96. The van der Waals surface area contributed by atoms with Crippen LogP contribution in [0.3, 0.4) is 0 Å². The van der Waals surface area contributed by atoms with Gasteiger partial charge >= 0.3 is 5.97 Å². The van der Waals surface area contributed by atoms with Gasteiger partial charge in [-0.1, -0.05) is 37.3 Å². The van der Waals surface area contributed by atoms with Crippen molar-refractivity contribution in [3.05, 3.63) is 35.9 Å². The van der Waals surface area contributed by atoms with E-state index in [0.29, 0.717) is 6.54 Å². The van der Waals surface area contributed by atoms with Crippen molar-refractivity contribution in [2.75, 3.05) is 26.2 Å². The van der Waals surface area contributed by atoms with Crippen LogP contribution in [-0.2, 0) is 16.1 Å². The minimum Gasteiger partial charge on any atom is -0.480 e. The fourth-order valence-corrected chi connectivity index (χ4v) is 3.14. The number of aliphatic carboxylic acids is 1. The van der Waals surface area contributed by atoms with Gasteiger partial charge in [-0.15, -0.1) is 0 Å². The van der Waals surface area contributed by atoms with E-state index < -0.39 is 5.97 Å². The Morgan fingerprint density at radius 1 is 1.22 bits per heavy atom. The first-order chi connectivity index (χ1) is 11.1. The number of carbonyl (C=O) groups is 2. The molecule has 0 unspecified atom stereocenters. The molecule has 1 saturated heterocycles. The lowest BCUT2D eigenvalue weighted by molar-refractivity contribution is -0.147. The van der Waals surface area contributed by atoms with E-state index in [1.807, 2.05) is 25.1 Å². The van der Waals surface area contributed by atoms with Crippen molar-refractivity contribution in [3.63, 3.8) is 0 Å². The Bertz CT molecular complexity index is 510. The predicted molar refractivity (Wildman–Crippen MR) is 88.9 cm³/mol. The number of amides is 1. The van der Waals surface area contributed by atoms with Gasteiger partial charge in [0, 0.05) is 19.0 Å². The van der Waals surface area contributed by atoms with Crippen molar-refractivity contribution in [2.24, 2.45) is 5.92 Å². The molecular weight excluding hydrogens is 292 g/mol. The summed E-state index contributed by atoms with van der Waals surface area (Å²) in [5.41, 5.74) is 1.29. The Balaban J connectivity index is 1.84. The van der Waals surface area contributed by atoms with E-state index in [-0.39, 0.29) is 18.4 Å². The number of hydrogen-bond acceptors (Lipinski definition) is 3. The molecule has 1 aromatic carbocycles. The molecular formula is C18H26N2O3. The quantitative estimate of drug-likeness (QED) is 0.837. The molecule has 1 amide bonds. The van der Waals surface area contributed by atoms with E-state index in [4.69, 9.17) is 5.11 Å². The molecule has 1 aromatic rings. The Labute approximate surface area is 137 Å². The van der Waals surface area contributed by atoms with E-state index in [9.17, 15) is 9.59 Å². The van der Waals surface area contributed by atoms with E-state index in [2.05, 4.69) is 17.0 Å². The van der Waals surface area contributed by atoms with Gasteiger partial charge in [0.2, 0.25) is 5.91 Å². The largest absolute Gasteiger partial charge is 0.480 e. The molecule has 5 nitrogen and oxygen atoms in total. The zero-order chi connectivity index (χ0) is 16.7. The minimum atomic E-state index is -0.937. The maximum atomic E-state index is 12.5. The summed E-state index contributed by atoms with van der Waals surface area (Å²) in [6.45, 7) is 4.99. The molecule has 2 rings (SSSR count). The molecule has 0 atom stereocenters. The summed E-state index contributed by atoms with van der Waals surface area (Å²) in [7, 11) is 0.